The lowest BCUT2D eigenvalue weighted by Crippen LogP contribution is -2.20. The molecule has 0 aliphatic heterocycles. The second kappa shape index (κ2) is 7.91. The Morgan fingerprint density at radius 1 is 0.862 bits per heavy atom. The molecule has 0 atom stereocenters. The molecule has 0 aliphatic rings. The van der Waals surface area contributed by atoms with Gasteiger partial charge in [0.05, 0.1) is 22.0 Å². The third-order valence-electron chi connectivity index (χ3n) is 4.41. The highest BCUT2D eigenvalue weighted by Gasteiger charge is 2.16. The number of fused-ring (bicyclic) bond motifs is 1. The van der Waals surface area contributed by atoms with E-state index in [1.54, 1.807) is 66.7 Å². The molecule has 0 unspecified atom stereocenters. The SMILES string of the molecule is O=c1c2ccccc2c(C=Nc2ccc(Cl)cc2Cl)c(O)n1-c1cccc(Cl)c1. The first-order valence-corrected chi connectivity index (χ1v) is 9.71. The third-order valence-corrected chi connectivity index (χ3v) is 5.19. The Bertz CT molecular complexity index is 1330. The molecule has 4 nitrogen and oxygen atoms in total. The molecule has 0 fully saturated rings. The molecule has 4 aromatic rings. The van der Waals surface area contributed by atoms with Crippen molar-refractivity contribution in [1.29, 1.82) is 0 Å². The van der Waals surface area contributed by atoms with Crippen LogP contribution in [-0.4, -0.2) is 15.9 Å². The molecule has 0 radical (unpaired) electrons. The van der Waals surface area contributed by atoms with Crippen molar-refractivity contribution in [2.45, 2.75) is 0 Å². The largest absolute Gasteiger partial charge is 0.494 e. The van der Waals surface area contributed by atoms with Gasteiger partial charge in [0.2, 0.25) is 5.88 Å². The standard InChI is InChI=1S/C22H13Cl3N2O2/c23-13-4-3-5-15(10-13)27-21(28)17-7-2-1-6-16(17)18(22(27)29)12-26-20-9-8-14(24)11-19(20)25/h1-12,29H. The van der Waals surface area contributed by atoms with Crippen LogP contribution in [0.5, 0.6) is 5.88 Å². The Morgan fingerprint density at radius 2 is 1.59 bits per heavy atom. The highest BCUT2D eigenvalue weighted by molar-refractivity contribution is 6.36. The number of nitrogens with zero attached hydrogens (tertiary/aromatic N) is 2. The lowest BCUT2D eigenvalue weighted by Gasteiger charge is -2.14. The molecule has 0 spiro atoms. The van der Waals surface area contributed by atoms with Crippen LogP contribution in [0.3, 0.4) is 0 Å². The van der Waals surface area contributed by atoms with Crippen molar-refractivity contribution in [2.75, 3.05) is 0 Å². The molecule has 0 amide bonds. The summed E-state index contributed by atoms with van der Waals surface area (Å²) in [6.45, 7) is 0. The second-order valence-corrected chi connectivity index (χ2v) is 7.54. The van der Waals surface area contributed by atoms with E-state index in [0.29, 0.717) is 42.8 Å². The van der Waals surface area contributed by atoms with E-state index in [9.17, 15) is 9.90 Å². The van der Waals surface area contributed by atoms with Crippen LogP contribution in [0.4, 0.5) is 5.69 Å². The summed E-state index contributed by atoms with van der Waals surface area (Å²) >= 11 is 18.2. The first-order valence-electron chi connectivity index (χ1n) is 8.57. The quantitative estimate of drug-likeness (QED) is 0.372. The Hall–Kier alpha value is -2.79. The minimum Gasteiger partial charge on any atom is -0.494 e. The Labute approximate surface area is 181 Å². The number of benzene rings is 3. The number of aromatic nitrogens is 1. The second-order valence-electron chi connectivity index (χ2n) is 6.26. The maximum atomic E-state index is 13.1. The maximum absolute atomic E-state index is 13.1. The van der Waals surface area contributed by atoms with Crippen LogP contribution in [0.1, 0.15) is 5.56 Å². The number of aromatic hydroxyl groups is 1. The van der Waals surface area contributed by atoms with Crippen LogP contribution in [0.2, 0.25) is 15.1 Å². The minimum absolute atomic E-state index is 0.246. The van der Waals surface area contributed by atoms with E-state index < -0.39 is 0 Å². The molecule has 0 saturated heterocycles. The number of halogens is 3. The van der Waals surface area contributed by atoms with E-state index in [4.69, 9.17) is 34.8 Å². The molecule has 7 heteroatoms. The third kappa shape index (κ3) is 3.75. The lowest BCUT2D eigenvalue weighted by molar-refractivity contribution is 0.436. The summed E-state index contributed by atoms with van der Waals surface area (Å²) in [5.41, 5.74) is 0.957. The zero-order valence-corrected chi connectivity index (χ0v) is 17.1. The van der Waals surface area contributed by atoms with Crippen LogP contribution in [0, 0.1) is 0 Å². The Morgan fingerprint density at radius 3 is 2.31 bits per heavy atom. The molecule has 29 heavy (non-hydrogen) atoms. The van der Waals surface area contributed by atoms with Gasteiger partial charge in [0.25, 0.3) is 5.56 Å². The normalized spacial score (nSPS) is 11.4. The summed E-state index contributed by atoms with van der Waals surface area (Å²) in [6.07, 6.45) is 1.48. The van der Waals surface area contributed by atoms with Crippen molar-refractivity contribution >= 4 is 57.5 Å². The molecule has 0 aliphatic carbocycles. The van der Waals surface area contributed by atoms with Crippen LogP contribution in [0.15, 0.2) is 76.5 Å². The van der Waals surface area contributed by atoms with Crippen LogP contribution in [0.25, 0.3) is 16.5 Å². The van der Waals surface area contributed by atoms with Crippen LogP contribution >= 0.6 is 34.8 Å². The van der Waals surface area contributed by atoms with Gasteiger partial charge in [-0.2, -0.15) is 0 Å². The molecular formula is C22H13Cl3N2O2. The van der Waals surface area contributed by atoms with Gasteiger partial charge in [0, 0.05) is 27.0 Å². The summed E-state index contributed by atoms with van der Waals surface area (Å²) in [4.78, 5) is 17.5. The van der Waals surface area contributed by atoms with E-state index in [1.807, 2.05) is 0 Å². The van der Waals surface area contributed by atoms with E-state index in [1.165, 1.54) is 10.8 Å². The molecular weight excluding hydrogens is 431 g/mol. The van der Waals surface area contributed by atoms with Crippen molar-refractivity contribution in [2.24, 2.45) is 4.99 Å². The van der Waals surface area contributed by atoms with Crippen molar-refractivity contribution in [3.05, 3.63) is 97.7 Å². The van der Waals surface area contributed by atoms with E-state index in [-0.39, 0.29) is 11.4 Å². The van der Waals surface area contributed by atoms with Crippen molar-refractivity contribution in [3.8, 4) is 11.6 Å². The molecule has 4 rings (SSSR count). The van der Waals surface area contributed by atoms with Crippen molar-refractivity contribution in [1.82, 2.24) is 4.57 Å². The number of pyridine rings is 1. The fourth-order valence-corrected chi connectivity index (χ4v) is 3.71. The number of hydrogen-bond acceptors (Lipinski definition) is 3. The molecule has 144 valence electrons. The first-order chi connectivity index (χ1) is 14.0. The molecule has 1 N–H and O–H groups in total. The Kier molecular flexibility index (Phi) is 5.33. The van der Waals surface area contributed by atoms with Gasteiger partial charge in [-0.1, -0.05) is 59.1 Å². The minimum atomic E-state index is -0.359. The zero-order chi connectivity index (χ0) is 20.5. The van der Waals surface area contributed by atoms with Crippen molar-refractivity contribution < 1.29 is 5.11 Å². The topological polar surface area (TPSA) is 54.6 Å². The summed E-state index contributed by atoms with van der Waals surface area (Å²) in [7, 11) is 0. The van der Waals surface area contributed by atoms with Crippen LogP contribution < -0.4 is 5.56 Å². The lowest BCUT2D eigenvalue weighted by atomic mass is 10.1. The predicted molar refractivity (Wildman–Crippen MR) is 120 cm³/mol. The van der Waals surface area contributed by atoms with Crippen LogP contribution in [-0.2, 0) is 0 Å². The van der Waals surface area contributed by atoms with Gasteiger partial charge in [0.15, 0.2) is 0 Å². The average molecular weight is 444 g/mol. The summed E-state index contributed by atoms with van der Waals surface area (Å²) < 4.78 is 1.21. The fraction of sp³-hybridized carbons (Fsp3) is 0. The number of hydrogen-bond donors (Lipinski definition) is 1. The number of rotatable bonds is 3. The first kappa shape index (κ1) is 19.5. The van der Waals surface area contributed by atoms with Gasteiger partial charge >= 0.3 is 0 Å². The summed E-state index contributed by atoms with van der Waals surface area (Å²) in [6, 6.07) is 18.6. The van der Waals surface area contributed by atoms with Gasteiger partial charge in [0.1, 0.15) is 0 Å². The predicted octanol–water partition coefficient (Wildman–Crippen LogP) is 6.41. The highest BCUT2D eigenvalue weighted by atomic mass is 35.5. The zero-order valence-electron chi connectivity index (χ0n) is 14.8. The van der Waals surface area contributed by atoms with Gasteiger partial charge in [-0.05, 0) is 42.5 Å². The van der Waals surface area contributed by atoms with Gasteiger partial charge in [-0.25, -0.2) is 4.57 Å². The summed E-state index contributed by atoms with van der Waals surface area (Å²) in [5.74, 6) is -0.246. The average Bonchev–Trinajstić information content (AvgIpc) is 2.69. The molecule has 3 aromatic carbocycles. The van der Waals surface area contributed by atoms with Gasteiger partial charge in [-0.15, -0.1) is 0 Å². The monoisotopic (exact) mass is 442 g/mol. The highest BCUT2D eigenvalue weighted by Crippen LogP contribution is 2.30. The van der Waals surface area contributed by atoms with Crippen molar-refractivity contribution in [3.63, 3.8) is 0 Å². The molecule has 0 saturated carbocycles. The molecule has 1 heterocycles. The molecule has 0 bridgehead atoms. The van der Waals surface area contributed by atoms with E-state index in [0.717, 1.165) is 0 Å². The Balaban J connectivity index is 1.98. The van der Waals surface area contributed by atoms with E-state index >= 15 is 0 Å². The molecule has 1 aromatic heterocycles. The maximum Gasteiger partial charge on any atom is 0.265 e. The fourth-order valence-electron chi connectivity index (χ4n) is 3.06. The summed E-state index contributed by atoms with van der Waals surface area (Å²) in [5, 5.41) is 13.3. The van der Waals surface area contributed by atoms with Gasteiger partial charge in [-0.3, -0.25) is 9.79 Å². The van der Waals surface area contributed by atoms with Gasteiger partial charge < -0.3 is 5.11 Å². The smallest absolute Gasteiger partial charge is 0.265 e. The number of aliphatic imine (C=N–C) groups is 1. The van der Waals surface area contributed by atoms with E-state index in [2.05, 4.69) is 4.99 Å².